The van der Waals surface area contributed by atoms with E-state index in [9.17, 15) is 9.59 Å². The summed E-state index contributed by atoms with van der Waals surface area (Å²) in [5.74, 6) is 0.0759. The lowest BCUT2D eigenvalue weighted by molar-refractivity contribution is 0.00139. The maximum Gasteiger partial charge on any atom is 0.410 e. The number of benzene rings is 1. The number of hydrogen-bond acceptors (Lipinski definition) is 4. The Morgan fingerprint density at radius 1 is 1.23 bits per heavy atom. The summed E-state index contributed by atoms with van der Waals surface area (Å²) in [6.07, 6.45) is 1.99. The molecule has 0 aromatic heterocycles. The predicted octanol–water partition coefficient (Wildman–Crippen LogP) is 3.69. The lowest BCUT2D eigenvalue weighted by Gasteiger charge is -2.52. The van der Waals surface area contributed by atoms with Gasteiger partial charge >= 0.3 is 6.09 Å². The number of nitrogens with one attached hydrogen (secondary N) is 1. The number of piperidine rings is 1. The highest BCUT2D eigenvalue weighted by molar-refractivity contribution is 6.02. The monoisotopic (exact) mass is 359 g/mol. The van der Waals surface area contributed by atoms with Crippen molar-refractivity contribution in [3.05, 3.63) is 29.8 Å². The summed E-state index contributed by atoms with van der Waals surface area (Å²) in [4.78, 5) is 29.1. The Balaban J connectivity index is 1.79. The molecule has 1 N–H and O–H groups in total. The number of rotatable bonds is 2. The van der Waals surface area contributed by atoms with Gasteiger partial charge in [-0.15, -0.1) is 0 Å². The van der Waals surface area contributed by atoms with E-state index in [0.29, 0.717) is 32.5 Å². The topological polar surface area (TPSA) is 61.9 Å². The Hall–Kier alpha value is -2.24. The molecule has 6 heteroatoms. The summed E-state index contributed by atoms with van der Waals surface area (Å²) in [7, 11) is 0. The molecule has 1 fully saturated rings. The number of hydrogen-bond donors (Lipinski definition) is 1. The highest BCUT2D eigenvalue weighted by Gasteiger charge is 2.46. The Kier molecular flexibility index (Phi) is 4.86. The molecule has 0 atom stereocenters. The number of ether oxygens (including phenoxy) is 1. The number of anilines is 1. The van der Waals surface area contributed by atoms with Gasteiger partial charge in [0, 0.05) is 38.2 Å². The molecule has 142 valence electrons. The molecule has 3 rings (SSSR count). The Morgan fingerprint density at radius 2 is 1.88 bits per heavy atom. The van der Waals surface area contributed by atoms with Crippen LogP contribution in [0.15, 0.2) is 24.3 Å². The summed E-state index contributed by atoms with van der Waals surface area (Å²) in [5.41, 5.74) is 0.676. The van der Waals surface area contributed by atoms with Crippen molar-refractivity contribution < 1.29 is 14.3 Å². The SMILES string of the molecule is CCCN1C(=O)c2ccccc2NC12CCN(C(=O)OC(C)(C)C)CC2. The second-order valence-electron chi connectivity index (χ2n) is 8.13. The molecular formula is C20H29N3O3. The molecule has 0 unspecified atom stereocenters. The van der Waals surface area contributed by atoms with Crippen molar-refractivity contribution in [2.75, 3.05) is 25.0 Å². The van der Waals surface area contributed by atoms with E-state index in [1.165, 1.54) is 0 Å². The molecule has 0 saturated carbocycles. The van der Waals surface area contributed by atoms with Gasteiger partial charge in [-0.2, -0.15) is 0 Å². The van der Waals surface area contributed by atoms with Gasteiger partial charge in [0.25, 0.3) is 5.91 Å². The van der Waals surface area contributed by atoms with E-state index >= 15 is 0 Å². The Morgan fingerprint density at radius 3 is 2.50 bits per heavy atom. The van der Waals surface area contributed by atoms with E-state index in [4.69, 9.17) is 4.74 Å². The summed E-state index contributed by atoms with van der Waals surface area (Å²) < 4.78 is 5.49. The van der Waals surface area contributed by atoms with Crippen LogP contribution in [0.1, 0.15) is 57.3 Å². The van der Waals surface area contributed by atoms with Gasteiger partial charge in [-0.25, -0.2) is 4.79 Å². The molecule has 2 heterocycles. The van der Waals surface area contributed by atoms with Crippen LogP contribution in [0.3, 0.4) is 0 Å². The lowest BCUT2D eigenvalue weighted by atomic mass is 9.90. The third kappa shape index (κ3) is 3.50. The first-order chi connectivity index (χ1) is 12.3. The first-order valence-corrected chi connectivity index (χ1v) is 9.43. The van der Waals surface area contributed by atoms with E-state index in [1.807, 2.05) is 49.9 Å². The first kappa shape index (κ1) is 18.5. The number of fused-ring (bicyclic) bond motifs is 1. The minimum absolute atomic E-state index is 0.0759. The quantitative estimate of drug-likeness (QED) is 0.875. The number of nitrogens with zero attached hydrogens (tertiary/aromatic N) is 2. The summed E-state index contributed by atoms with van der Waals surface area (Å²) in [6, 6.07) is 7.66. The van der Waals surface area contributed by atoms with Crippen LogP contribution in [0, 0.1) is 0 Å². The summed E-state index contributed by atoms with van der Waals surface area (Å²) >= 11 is 0. The second-order valence-corrected chi connectivity index (χ2v) is 8.13. The molecule has 6 nitrogen and oxygen atoms in total. The zero-order valence-electron chi connectivity index (χ0n) is 16.2. The number of likely N-dealkylation sites (tertiary alicyclic amines) is 1. The third-order valence-corrected chi connectivity index (χ3v) is 4.98. The van der Waals surface area contributed by atoms with Crippen molar-refractivity contribution >= 4 is 17.7 Å². The second kappa shape index (κ2) is 6.82. The average molecular weight is 359 g/mol. The van der Waals surface area contributed by atoms with Crippen molar-refractivity contribution in [1.82, 2.24) is 9.80 Å². The molecule has 26 heavy (non-hydrogen) atoms. The van der Waals surface area contributed by atoms with Gasteiger partial charge in [0.15, 0.2) is 0 Å². The molecule has 0 radical (unpaired) electrons. The lowest BCUT2D eigenvalue weighted by Crippen LogP contribution is -2.64. The molecule has 0 bridgehead atoms. The van der Waals surface area contributed by atoms with Gasteiger partial charge < -0.3 is 19.9 Å². The fraction of sp³-hybridized carbons (Fsp3) is 0.600. The van der Waals surface area contributed by atoms with E-state index in [-0.39, 0.29) is 12.0 Å². The molecule has 0 aliphatic carbocycles. The fourth-order valence-corrected chi connectivity index (χ4v) is 3.76. The van der Waals surface area contributed by atoms with Crippen LogP contribution in [0.25, 0.3) is 0 Å². The minimum Gasteiger partial charge on any atom is -0.444 e. The van der Waals surface area contributed by atoms with E-state index in [2.05, 4.69) is 12.2 Å². The van der Waals surface area contributed by atoms with Crippen molar-refractivity contribution in [2.24, 2.45) is 0 Å². The van der Waals surface area contributed by atoms with Gasteiger partial charge in [0.2, 0.25) is 0 Å². The smallest absolute Gasteiger partial charge is 0.410 e. The van der Waals surface area contributed by atoms with Crippen LogP contribution in [-0.2, 0) is 4.74 Å². The van der Waals surface area contributed by atoms with Gasteiger partial charge in [0.1, 0.15) is 11.3 Å². The molecule has 1 spiro atoms. The maximum atomic E-state index is 13.1. The predicted molar refractivity (Wildman–Crippen MR) is 101 cm³/mol. The van der Waals surface area contributed by atoms with Crippen molar-refractivity contribution in [3.63, 3.8) is 0 Å². The highest BCUT2D eigenvalue weighted by Crippen LogP contribution is 2.38. The van der Waals surface area contributed by atoms with Crippen molar-refractivity contribution in [3.8, 4) is 0 Å². The maximum absolute atomic E-state index is 13.1. The van der Waals surface area contributed by atoms with Crippen LogP contribution in [0.4, 0.5) is 10.5 Å². The number of para-hydroxylation sites is 1. The zero-order valence-corrected chi connectivity index (χ0v) is 16.2. The largest absolute Gasteiger partial charge is 0.444 e. The van der Waals surface area contributed by atoms with E-state index in [0.717, 1.165) is 17.7 Å². The van der Waals surface area contributed by atoms with Crippen molar-refractivity contribution in [2.45, 2.75) is 58.2 Å². The molecule has 2 amide bonds. The van der Waals surface area contributed by atoms with Crippen LogP contribution in [0.5, 0.6) is 0 Å². The fourth-order valence-electron chi connectivity index (χ4n) is 3.76. The number of carbonyl (C=O) groups is 2. The normalized spacial score (nSPS) is 19.2. The van der Waals surface area contributed by atoms with Gasteiger partial charge in [-0.1, -0.05) is 19.1 Å². The molecular weight excluding hydrogens is 330 g/mol. The van der Waals surface area contributed by atoms with Gasteiger partial charge in [-0.3, -0.25) is 4.79 Å². The third-order valence-electron chi connectivity index (χ3n) is 4.98. The van der Waals surface area contributed by atoms with E-state index < -0.39 is 11.3 Å². The zero-order chi connectivity index (χ0) is 18.9. The molecule has 2 aliphatic heterocycles. The van der Waals surface area contributed by atoms with Crippen LogP contribution < -0.4 is 5.32 Å². The minimum atomic E-state index is -0.502. The van der Waals surface area contributed by atoms with Gasteiger partial charge in [-0.05, 0) is 39.3 Å². The molecule has 1 saturated heterocycles. The Labute approximate surface area is 155 Å². The molecule has 2 aliphatic rings. The molecule has 1 aromatic rings. The number of carbonyl (C=O) groups excluding carboxylic acids is 2. The standard InChI is InChI=1S/C20H29N3O3/c1-5-12-23-17(24)15-8-6-7-9-16(15)21-20(23)10-13-22(14-11-20)18(25)26-19(2,3)4/h6-9,21H,5,10-14H2,1-4H3. The summed E-state index contributed by atoms with van der Waals surface area (Å²) in [6.45, 7) is 9.53. The van der Waals surface area contributed by atoms with Crippen LogP contribution in [-0.4, -0.2) is 52.7 Å². The summed E-state index contributed by atoms with van der Waals surface area (Å²) in [5, 5.41) is 3.61. The van der Waals surface area contributed by atoms with Crippen molar-refractivity contribution in [1.29, 1.82) is 0 Å². The van der Waals surface area contributed by atoms with Crippen LogP contribution >= 0.6 is 0 Å². The van der Waals surface area contributed by atoms with Crippen LogP contribution in [0.2, 0.25) is 0 Å². The Bertz CT molecular complexity index is 688. The number of amides is 2. The van der Waals surface area contributed by atoms with Gasteiger partial charge in [0.05, 0.1) is 5.56 Å². The van der Waals surface area contributed by atoms with E-state index in [1.54, 1.807) is 4.90 Å². The highest BCUT2D eigenvalue weighted by atomic mass is 16.6. The average Bonchev–Trinajstić information content (AvgIpc) is 2.58. The molecule has 1 aromatic carbocycles. The first-order valence-electron chi connectivity index (χ1n) is 9.43.